The van der Waals surface area contributed by atoms with Gasteiger partial charge in [-0.3, -0.25) is 4.79 Å². The number of nitrogens with two attached hydrogens (primary N) is 1. The van der Waals surface area contributed by atoms with Gasteiger partial charge in [-0.05, 0) is 12.1 Å². The fraction of sp³-hybridized carbons (Fsp3) is 0.286. The van der Waals surface area contributed by atoms with Crippen molar-refractivity contribution in [1.82, 2.24) is 9.55 Å². The summed E-state index contributed by atoms with van der Waals surface area (Å²) in [6.45, 7) is 1.11. The smallest absolute Gasteiger partial charge is 0.275 e. The van der Waals surface area contributed by atoms with E-state index in [0.29, 0.717) is 36.0 Å². The molecule has 0 unspecified atom stereocenters. The average molecular weight is 290 g/mol. The summed E-state index contributed by atoms with van der Waals surface area (Å²) in [5.41, 5.74) is 6.39. The number of benzene rings is 1. The van der Waals surface area contributed by atoms with Crippen molar-refractivity contribution in [2.45, 2.75) is 6.54 Å². The van der Waals surface area contributed by atoms with Crippen molar-refractivity contribution >= 4 is 11.6 Å². The maximum absolute atomic E-state index is 12.1. The van der Waals surface area contributed by atoms with Crippen LogP contribution >= 0.6 is 0 Å². The van der Waals surface area contributed by atoms with E-state index >= 15 is 0 Å². The van der Waals surface area contributed by atoms with Crippen LogP contribution in [0.1, 0.15) is 10.5 Å². The molecule has 1 aromatic carbocycles. The maximum atomic E-state index is 12.1. The van der Waals surface area contributed by atoms with Crippen LogP contribution < -0.4 is 20.5 Å². The molecular formula is C14H18N4O3. The highest BCUT2D eigenvalue weighted by atomic mass is 16.5. The minimum absolute atomic E-state index is 0.294. The number of carbonyl (C=O) groups is 1. The second kappa shape index (κ2) is 6.76. The number of nitrogens with one attached hydrogen (secondary N) is 1. The van der Waals surface area contributed by atoms with Gasteiger partial charge in [0.25, 0.3) is 5.91 Å². The van der Waals surface area contributed by atoms with Crippen LogP contribution in [0.3, 0.4) is 0 Å². The molecule has 0 saturated carbocycles. The summed E-state index contributed by atoms with van der Waals surface area (Å²) in [5.74, 6) is 0.852. The minimum Gasteiger partial charge on any atom is -0.493 e. The third kappa shape index (κ3) is 3.51. The van der Waals surface area contributed by atoms with Crippen LogP contribution in [0, 0.1) is 0 Å². The van der Waals surface area contributed by atoms with E-state index in [-0.39, 0.29) is 5.91 Å². The molecule has 0 atom stereocenters. The number of rotatable bonds is 6. The molecule has 1 heterocycles. The molecule has 0 fully saturated rings. The average Bonchev–Trinajstić information content (AvgIpc) is 2.96. The van der Waals surface area contributed by atoms with Crippen LogP contribution in [0.25, 0.3) is 0 Å². The first-order chi connectivity index (χ1) is 10.2. The minimum atomic E-state index is -0.294. The van der Waals surface area contributed by atoms with Gasteiger partial charge in [-0.1, -0.05) is 0 Å². The number of aromatic nitrogens is 2. The van der Waals surface area contributed by atoms with Gasteiger partial charge in [0, 0.05) is 31.0 Å². The molecule has 0 aliphatic carbocycles. The summed E-state index contributed by atoms with van der Waals surface area (Å²) in [6.07, 6.45) is 3.24. The summed E-state index contributed by atoms with van der Waals surface area (Å²) in [7, 11) is 3.10. The molecule has 2 aromatic rings. The van der Waals surface area contributed by atoms with Crippen LogP contribution in [-0.2, 0) is 6.54 Å². The zero-order chi connectivity index (χ0) is 15.2. The van der Waals surface area contributed by atoms with Gasteiger partial charge in [0.2, 0.25) is 0 Å². The summed E-state index contributed by atoms with van der Waals surface area (Å²) in [4.78, 5) is 16.1. The van der Waals surface area contributed by atoms with E-state index in [1.54, 1.807) is 42.4 Å². The Balaban J connectivity index is 2.11. The van der Waals surface area contributed by atoms with E-state index in [2.05, 4.69) is 10.3 Å². The summed E-state index contributed by atoms with van der Waals surface area (Å²) < 4.78 is 12.1. The topological polar surface area (TPSA) is 91.4 Å². The van der Waals surface area contributed by atoms with Gasteiger partial charge in [0.15, 0.2) is 11.5 Å². The Morgan fingerprint density at radius 1 is 1.33 bits per heavy atom. The second-order valence-corrected chi connectivity index (χ2v) is 4.31. The lowest BCUT2D eigenvalue weighted by Crippen LogP contribution is -2.13. The molecule has 1 amide bonds. The molecular weight excluding hydrogens is 272 g/mol. The standard InChI is InChI=1S/C14H18N4O3/c1-20-12-4-3-10(7-13(12)21-2)17-14(19)11-8-18(6-5-15)9-16-11/h3-4,7-9H,5-6,15H2,1-2H3,(H,17,19). The maximum Gasteiger partial charge on any atom is 0.275 e. The first kappa shape index (κ1) is 14.9. The number of amides is 1. The zero-order valence-electron chi connectivity index (χ0n) is 12.0. The monoisotopic (exact) mass is 290 g/mol. The molecule has 0 aliphatic rings. The van der Waals surface area contributed by atoms with E-state index in [9.17, 15) is 4.79 Å². The first-order valence-electron chi connectivity index (χ1n) is 6.43. The van der Waals surface area contributed by atoms with E-state index in [0.717, 1.165) is 0 Å². The summed E-state index contributed by atoms with van der Waals surface area (Å²) in [5, 5.41) is 2.76. The number of carbonyl (C=O) groups excluding carboxylic acids is 1. The van der Waals surface area contributed by atoms with Crippen LogP contribution in [0.4, 0.5) is 5.69 Å². The number of anilines is 1. The van der Waals surface area contributed by atoms with Crippen LogP contribution in [0.15, 0.2) is 30.7 Å². The Kier molecular flexibility index (Phi) is 4.78. The van der Waals surface area contributed by atoms with Crippen molar-refractivity contribution in [2.75, 3.05) is 26.1 Å². The molecule has 0 spiro atoms. The third-order valence-electron chi connectivity index (χ3n) is 2.89. The van der Waals surface area contributed by atoms with Gasteiger partial charge >= 0.3 is 0 Å². The lowest BCUT2D eigenvalue weighted by Gasteiger charge is -2.09. The van der Waals surface area contributed by atoms with Crippen molar-refractivity contribution in [2.24, 2.45) is 5.73 Å². The predicted octanol–water partition coefficient (Wildman–Crippen LogP) is 1.11. The Morgan fingerprint density at radius 3 is 2.76 bits per heavy atom. The first-order valence-corrected chi connectivity index (χ1v) is 6.43. The van der Waals surface area contributed by atoms with E-state index in [1.807, 2.05) is 0 Å². The number of ether oxygens (including phenoxy) is 2. The van der Waals surface area contributed by atoms with Crippen molar-refractivity contribution < 1.29 is 14.3 Å². The van der Waals surface area contributed by atoms with E-state index in [1.165, 1.54) is 7.11 Å². The molecule has 0 aliphatic heterocycles. The Labute approximate surface area is 122 Å². The highest BCUT2D eigenvalue weighted by molar-refractivity contribution is 6.02. The highest BCUT2D eigenvalue weighted by Gasteiger charge is 2.11. The molecule has 1 aromatic heterocycles. The Bertz CT molecular complexity index is 624. The van der Waals surface area contributed by atoms with Gasteiger partial charge in [-0.2, -0.15) is 0 Å². The van der Waals surface area contributed by atoms with Crippen molar-refractivity contribution in [3.8, 4) is 11.5 Å². The molecule has 0 saturated heterocycles. The van der Waals surface area contributed by atoms with Gasteiger partial charge < -0.3 is 25.1 Å². The molecule has 3 N–H and O–H groups in total. The van der Waals surface area contributed by atoms with Gasteiger partial charge in [0.05, 0.1) is 20.5 Å². The predicted molar refractivity (Wildman–Crippen MR) is 78.8 cm³/mol. The number of hydrogen-bond donors (Lipinski definition) is 2. The number of imidazole rings is 1. The molecule has 21 heavy (non-hydrogen) atoms. The highest BCUT2D eigenvalue weighted by Crippen LogP contribution is 2.29. The van der Waals surface area contributed by atoms with Crippen LogP contribution in [0.2, 0.25) is 0 Å². The molecule has 0 bridgehead atoms. The largest absolute Gasteiger partial charge is 0.493 e. The number of hydrogen-bond acceptors (Lipinski definition) is 5. The Morgan fingerprint density at radius 2 is 2.10 bits per heavy atom. The third-order valence-corrected chi connectivity index (χ3v) is 2.89. The van der Waals surface area contributed by atoms with Crippen molar-refractivity contribution in [3.63, 3.8) is 0 Å². The zero-order valence-corrected chi connectivity index (χ0v) is 12.0. The fourth-order valence-corrected chi connectivity index (χ4v) is 1.86. The lowest BCUT2D eigenvalue weighted by atomic mass is 10.2. The normalized spacial score (nSPS) is 10.2. The van der Waals surface area contributed by atoms with Gasteiger partial charge in [-0.15, -0.1) is 0 Å². The van der Waals surface area contributed by atoms with Crippen molar-refractivity contribution in [1.29, 1.82) is 0 Å². The van der Waals surface area contributed by atoms with E-state index in [4.69, 9.17) is 15.2 Å². The molecule has 0 radical (unpaired) electrons. The molecule has 112 valence electrons. The van der Waals surface area contributed by atoms with Crippen LogP contribution in [0.5, 0.6) is 11.5 Å². The summed E-state index contributed by atoms with van der Waals surface area (Å²) >= 11 is 0. The summed E-state index contributed by atoms with van der Waals surface area (Å²) in [6, 6.07) is 5.14. The SMILES string of the molecule is COc1ccc(NC(=O)c2cn(CCN)cn2)cc1OC. The van der Waals surface area contributed by atoms with E-state index < -0.39 is 0 Å². The lowest BCUT2D eigenvalue weighted by molar-refractivity contribution is 0.102. The van der Waals surface area contributed by atoms with Gasteiger partial charge in [-0.25, -0.2) is 4.98 Å². The number of nitrogens with zero attached hydrogens (tertiary/aromatic N) is 2. The Hall–Kier alpha value is -2.54. The molecule has 7 nitrogen and oxygen atoms in total. The fourth-order valence-electron chi connectivity index (χ4n) is 1.86. The quantitative estimate of drug-likeness (QED) is 0.831. The molecule has 7 heteroatoms. The molecule has 2 rings (SSSR count). The number of methoxy groups -OCH3 is 2. The van der Waals surface area contributed by atoms with Gasteiger partial charge in [0.1, 0.15) is 5.69 Å². The second-order valence-electron chi connectivity index (χ2n) is 4.31. The van der Waals surface area contributed by atoms with Crippen LogP contribution in [-0.4, -0.2) is 36.2 Å². The van der Waals surface area contributed by atoms with Crippen molar-refractivity contribution in [3.05, 3.63) is 36.4 Å².